The number of imidazole rings is 1. The standard InChI is InChI=1S/C20H28ClN5O2/c1-12(14-4-3-5-14)23-17-15-16(24-19(21)25-17)22-11-26(15)10-13-6-8-20(2,9-7-13)18(27)28/h11-14H,3-10H2,1-2H3,(H,27,28)(H,23,24,25)/t12-,13?,20?/m1/s1. The first-order valence-electron chi connectivity index (χ1n) is 10.2. The maximum atomic E-state index is 11.5. The highest BCUT2D eigenvalue weighted by Crippen LogP contribution is 2.40. The number of anilines is 1. The van der Waals surface area contributed by atoms with Crippen molar-refractivity contribution in [2.75, 3.05) is 5.32 Å². The van der Waals surface area contributed by atoms with Crippen LogP contribution in [-0.2, 0) is 11.3 Å². The molecular formula is C20H28ClN5O2. The van der Waals surface area contributed by atoms with Crippen LogP contribution in [-0.4, -0.2) is 36.6 Å². The summed E-state index contributed by atoms with van der Waals surface area (Å²) >= 11 is 6.13. The van der Waals surface area contributed by atoms with Crippen molar-refractivity contribution >= 4 is 34.6 Å². The molecule has 0 aromatic carbocycles. The van der Waals surface area contributed by atoms with E-state index in [2.05, 4.69) is 31.8 Å². The molecule has 2 N–H and O–H groups in total. The highest BCUT2D eigenvalue weighted by molar-refractivity contribution is 6.28. The zero-order valence-corrected chi connectivity index (χ0v) is 17.2. The number of rotatable bonds is 6. The monoisotopic (exact) mass is 405 g/mol. The third kappa shape index (κ3) is 3.69. The topological polar surface area (TPSA) is 92.9 Å². The predicted octanol–water partition coefficient (Wildman–Crippen LogP) is 4.36. The number of halogens is 1. The Hall–Kier alpha value is -1.89. The molecule has 28 heavy (non-hydrogen) atoms. The molecule has 152 valence electrons. The summed E-state index contributed by atoms with van der Waals surface area (Å²) in [5, 5.41) is 13.2. The van der Waals surface area contributed by atoms with E-state index in [4.69, 9.17) is 11.6 Å². The van der Waals surface area contributed by atoms with Gasteiger partial charge in [-0.05, 0) is 75.8 Å². The molecule has 8 heteroatoms. The number of carbonyl (C=O) groups is 1. The van der Waals surface area contributed by atoms with Gasteiger partial charge in [-0.25, -0.2) is 4.98 Å². The van der Waals surface area contributed by atoms with Crippen LogP contribution in [0.1, 0.15) is 58.8 Å². The van der Waals surface area contributed by atoms with Crippen molar-refractivity contribution in [2.24, 2.45) is 17.3 Å². The zero-order chi connectivity index (χ0) is 19.9. The maximum absolute atomic E-state index is 11.5. The Morgan fingerprint density at radius 2 is 2.07 bits per heavy atom. The molecular weight excluding hydrogens is 378 g/mol. The minimum Gasteiger partial charge on any atom is -0.481 e. The molecule has 0 amide bonds. The summed E-state index contributed by atoms with van der Waals surface area (Å²) in [6.07, 6.45) is 8.83. The Kier molecular flexibility index (Phi) is 5.21. The van der Waals surface area contributed by atoms with Crippen molar-refractivity contribution in [3.8, 4) is 0 Å². The number of carboxylic acids is 1. The summed E-state index contributed by atoms with van der Waals surface area (Å²) in [5.74, 6) is 1.17. The van der Waals surface area contributed by atoms with Crippen LogP contribution in [0.2, 0.25) is 5.28 Å². The molecule has 0 radical (unpaired) electrons. The van der Waals surface area contributed by atoms with Gasteiger partial charge in [0.2, 0.25) is 5.28 Å². The van der Waals surface area contributed by atoms with E-state index < -0.39 is 11.4 Å². The second-order valence-electron chi connectivity index (χ2n) is 8.84. The third-order valence-electron chi connectivity index (χ3n) is 6.85. The minimum atomic E-state index is -0.682. The number of carboxylic acid groups (broad SMARTS) is 1. The lowest BCUT2D eigenvalue weighted by Gasteiger charge is -2.34. The van der Waals surface area contributed by atoms with Gasteiger partial charge in [0.05, 0.1) is 11.7 Å². The molecule has 2 aromatic heterocycles. The normalized spacial score (nSPS) is 26.8. The Morgan fingerprint density at radius 1 is 1.36 bits per heavy atom. The molecule has 0 bridgehead atoms. The van der Waals surface area contributed by atoms with Gasteiger partial charge in [0.25, 0.3) is 0 Å². The van der Waals surface area contributed by atoms with Crippen LogP contribution < -0.4 is 5.32 Å². The summed E-state index contributed by atoms with van der Waals surface area (Å²) < 4.78 is 2.11. The summed E-state index contributed by atoms with van der Waals surface area (Å²) in [6, 6.07) is 0.331. The lowest BCUT2D eigenvalue weighted by atomic mass is 9.72. The highest BCUT2D eigenvalue weighted by atomic mass is 35.5. The summed E-state index contributed by atoms with van der Waals surface area (Å²) in [7, 11) is 0. The van der Waals surface area contributed by atoms with Crippen molar-refractivity contribution < 1.29 is 9.90 Å². The Bertz CT molecular complexity index is 871. The number of fused-ring (bicyclic) bond motifs is 1. The Labute approximate surface area is 169 Å². The van der Waals surface area contributed by atoms with Crippen LogP contribution in [0.15, 0.2) is 6.33 Å². The van der Waals surface area contributed by atoms with Gasteiger partial charge >= 0.3 is 5.97 Å². The molecule has 0 saturated heterocycles. The fourth-order valence-corrected chi connectivity index (χ4v) is 4.62. The second kappa shape index (κ2) is 7.50. The average Bonchev–Trinajstić information content (AvgIpc) is 2.98. The first-order valence-corrected chi connectivity index (χ1v) is 10.6. The van der Waals surface area contributed by atoms with Gasteiger partial charge in [0.15, 0.2) is 11.5 Å². The molecule has 2 fully saturated rings. The number of nitrogens with one attached hydrogen (secondary N) is 1. The molecule has 2 saturated carbocycles. The molecule has 0 spiro atoms. The number of aliphatic carboxylic acids is 1. The van der Waals surface area contributed by atoms with E-state index in [1.54, 1.807) is 6.33 Å². The third-order valence-corrected chi connectivity index (χ3v) is 7.02. The van der Waals surface area contributed by atoms with Gasteiger partial charge in [0, 0.05) is 12.6 Å². The van der Waals surface area contributed by atoms with Crippen molar-refractivity contribution in [1.82, 2.24) is 19.5 Å². The largest absolute Gasteiger partial charge is 0.481 e. The maximum Gasteiger partial charge on any atom is 0.309 e. The van der Waals surface area contributed by atoms with Crippen LogP contribution in [0.4, 0.5) is 5.82 Å². The second-order valence-corrected chi connectivity index (χ2v) is 9.18. The molecule has 2 aromatic rings. The molecule has 2 aliphatic carbocycles. The van der Waals surface area contributed by atoms with E-state index in [9.17, 15) is 9.90 Å². The highest BCUT2D eigenvalue weighted by Gasteiger charge is 2.37. The van der Waals surface area contributed by atoms with E-state index in [0.717, 1.165) is 30.7 Å². The van der Waals surface area contributed by atoms with Crippen molar-refractivity contribution in [1.29, 1.82) is 0 Å². The molecule has 7 nitrogen and oxygen atoms in total. The summed E-state index contributed by atoms with van der Waals surface area (Å²) in [5.41, 5.74) is 0.909. The van der Waals surface area contributed by atoms with Crippen LogP contribution in [0, 0.1) is 17.3 Å². The van der Waals surface area contributed by atoms with E-state index in [-0.39, 0.29) is 5.28 Å². The van der Waals surface area contributed by atoms with Crippen molar-refractivity contribution in [2.45, 2.75) is 71.4 Å². The quantitative estimate of drug-likeness (QED) is 0.693. The van der Waals surface area contributed by atoms with E-state index in [1.165, 1.54) is 19.3 Å². The number of hydrogen-bond acceptors (Lipinski definition) is 5. The van der Waals surface area contributed by atoms with Crippen molar-refractivity contribution in [3.63, 3.8) is 0 Å². The Morgan fingerprint density at radius 3 is 2.68 bits per heavy atom. The summed E-state index contributed by atoms with van der Waals surface area (Å²) in [6.45, 7) is 4.85. The van der Waals surface area contributed by atoms with Gasteiger partial charge in [-0.3, -0.25) is 4.79 Å². The van der Waals surface area contributed by atoms with Gasteiger partial charge < -0.3 is 15.0 Å². The lowest BCUT2D eigenvalue weighted by Crippen LogP contribution is -2.33. The molecule has 0 aliphatic heterocycles. The molecule has 2 aliphatic rings. The Balaban J connectivity index is 1.54. The van der Waals surface area contributed by atoms with Gasteiger partial charge in [-0.2, -0.15) is 9.97 Å². The SMILES string of the molecule is C[C@@H](Nc1nc(Cl)nc2ncn(CC3CCC(C)(C(=O)O)CC3)c12)C1CCC1. The zero-order valence-electron chi connectivity index (χ0n) is 16.5. The lowest BCUT2D eigenvalue weighted by molar-refractivity contribution is -0.150. The van der Waals surface area contributed by atoms with E-state index in [0.29, 0.717) is 36.4 Å². The summed E-state index contributed by atoms with van der Waals surface area (Å²) in [4.78, 5) is 24.7. The molecule has 2 heterocycles. The predicted molar refractivity (Wildman–Crippen MR) is 108 cm³/mol. The van der Waals surface area contributed by atoms with Crippen molar-refractivity contribution in [3.05, 3.63) is 11.6 Å². The molecule has 1 atom stereocenters. The first kappa shape index (κ1) is 19.4. The number of hydrogen-bond donors (Lipinski definition) is 2. The smallest absolute Gasteiger partial charge is 0.309 e. The van der Waals surface area contributed by atoms with Gasteiger partial charge in [-0.1, -0.05) is 6.42 Å². The molecule has 0 unspecified atom stereocenters. The van der Waals surface area contributed by atoms with Crippen LogP contribution in [0.3, 0.4) is 0 Å². The first-order chi connectivity index (χ1) is 13.4. The van der Waals surface area contributed by atoms with Crippen LogP contribution in [0.25, 0.3) is 11.2 Å². The number of aromatic nitrogens is 4. The van der Waals surface area contributed by atoms with E-state index in [1.807, 2.05) is 6.92 Å². The fourth-order valence-electron chi connectivity index (χ4n) is 4.45. The average molecular weight is 406 g/mol. The number of nitrogens with zero attached hydrogens (tertiary/aromatic N) is 4. The minimum absolute atomic E-state index is 0.205. The molecule has 4 rings (SSSR count). The fraction of sp³-hybridized carbons (Fsp3) is 0.700. The van der Waals surface area contributed by atoms with Gasteiger partial charge in [0.1, 0.15) is 5.52 Å². The van der Waals surface area contributed by atoms with Crippen LogP contribution >= 0.6 is 11.6 Å². The van der Waals surface area contributed by atoms with Gasteiger partial charge in [-0.15, -0.1) is 0 Å². The van der Waals surface area contributed by atoms with Crippen LogP contribution in [0.5, 0.6) is 0 Å². The van der Waals surface area contributed by atoms with E-state index >= 15 is 0 Å².